The van der Waals surface area contributed by atoms with E-state index < -0.39 is 5.97 Å². The number of hydrogen-bond acceptors (Lipinski definition) is 5. The number of carbonyl (C=O) groups excluding carboxylic acids is 2. The second-order valence-electron chi connectivity index (χ2n) is 4.60. The fourth-order valence-corrected chi connectivity index (χ4v) is 3.10. The summed E-state index contributed by atoms with van der Waals surface area (Å²) in [6, 6.07) is 13.9. The number of thiophene rings is 2. The Balaban J connectivity index is 1.65. The molecule has 0 aliphatic heterocycles. The zero-order valence-electron chi connectivity index (χ0n) is 12.0. The van der Waals surface area contributed by atoms with Crippen molar-refractivity contribution in [3.63, 3.8) is 0 Å². The van der Waals surface area contributed by atoms with E-state index in [9.17, 15) is 9.59 Å². The fourth-order valence-electron chi connectivity index (χ4n) is 1.88. The normalized spacial score (nSPS) is 10.8. The quantitative estimate of drug-likeness (QED) is 0.286. The van der Waals surface area contributed by atoms with Crippen LogP contribution in [0.25, 0.3) is 6.08 Å². The SMILES string of the molecule is O=C(/C=C/c1cccs1)c1ccc(OC(=O)c2cccs2)cc1. The Labute approximate surface area is 141 Å². The van der Waals surface area contributed by atoms with Crippen LogP contribution in [0, 0.1) is 0 Å². The molecule has 0 N–H and O–H groups in total. The smallest absolute Gasteiger partial charge is 0.353 e. The molecule has 1 aromatic carbocycles. The van der Waals surface area contributed by atoms with Crippen molar-refractivity contribution >= 4 is 40.5 Å². The van der Waals surface area contributed by atoms with Crippen LogP contribution in [0.5, 0.6) is 5.75 Å². The standard InChI is InChI=1S/C18H12O3S2/c19-16(10-9-15-3-1-11-22-15)13-5-7-14(8-6-13)21-18(20)17-4-2-12-23-17/h1-12H/b10-9+. The lowest BCUT2D eigenvalue weighted by molar-refractivity contribution is 0.0740. The Kier molecular flexibility index (Phi) is 4.80. The summed E-state index contributed by atoms with van der Waals surface area (Å²) in [5.41, 5.74) is 0.550. The Morgan fingerprint density at radius 1 is 0.913 bits per heavy atom. The topological polar surface area (TPSA) is 43.4 Å². The molecule has 0 radical (unpaired) electrons. The molecule has 0 saturated carbocycles. The van der Waals surface area contributed by atoms with E-state index in [-0.39, 0.29) is 5.78 Å². The average Bonchev–Trinajstić information content (AvgIpc) is 3.26. The van der Waals surface area contributed by atoms with Crippen LogP contribution in [0.1, 0.15) is 24.9 Å². The summed E-state index contributed by atoms with van der Waals surface area (Å²) in [7, 11) is 0. The predicted molar refractivity (Wildman–Crippen MR) is 93.4 cm³/mol. The van der Waals surface area contributed by atoms with E-state index in [0.717, 1.165) is 4.88 Å². The molecule has 2 aromatic heterocycles. The number of ketones is 1. The minimum atomic E-state index is -0.392. The highest BCUT2D eigenvalue weighted by Crippen LogP contribution is 2.17. The highest BCUT2D eigenvalue weighted by Gasteiger charge is 2.10. The maximum Gasteiger partial charge on any atom is 0.353 e. The molecule has 3 aromatic rings. The third kappa shape index (κ3) is 4.03. The van der Waals surface area contributed by atoms with Gasteiger partial charge in [-0.05, 0) is 59.3 Å². The van der Waals surface area contributed by atoms with Crippen molar-refractivity contribution in [1.82, 2.24) is 0 Å². The van der Waals surface area contributed by atoms with Crippen molar-refractivity contribution in [3.8, 4) is 5.75 Å². The van der Waals surface area contributed by atoms with Crippen molar-refractivity contribution in [1.29, 1.82) is 0 Å². The molecular weight excluding hydrogens is 328 g/mol. The van der Waals surface area contributed by atoms with Gasteiger partial charge in [0.25, 0.3) is 0 Å². The minimum Gasteiger partial charge on any atom is -0.422 e. The molecule has 3 rings (SSSR count). The molecule has 114 valence electrons. The third-order valence-electron chi connectivity index (χ3n) is 3.01. The summed E-state index contributed by atoms with van der Waals surface area (Å²) < 4.78 is 5.26. The zero-order valence-corrected chi connectivity index (χ0v) is 13.6. The van der Waals surface area contributed by atoms with Gasteiger partial charge in [-0.1, -0.05) is 12.1 Å². The monoisotopic (exact) mass is 340 g/mol. The highest BCUT2D eigenvalue weighted by molar-refractivity contribution is 7.12. The van der Waals surface area contributed by atoms with Gasteiger partial charge in [0.15, 0.2) is 5.78 Å². The third-order valence-corrected chi connectivity index (χ3v) is 4.70. The van der Waals surface area contributed by atoms with Gasteiger partial charge in [-0.15, -0.1) is 22.7 Å². The molecule has 0 aliphatic rings. The predicted octanol–water partition coefficient (Wildman–Crippen LogP) is 4.92. The second kappa shape index (κ2) is 7.17. The Hall–Kier alpha value is -2.50. The average molecular weight is 340 g/mol. The van der Waals surface area contributed by atoms with E-state index in [1.165, 1.54) is 11.3 Å². The van der Waals surface area contributed by atoms with E-state index in [0.29, 0.717) is 16.2 Å². The number of allylic oxidation sites excluding steroid dienone is 1. The van der Waals surface area contributed by atoms with Crippen LogP contribution in [0.3, 0.4) is 0 Å². The fraction of sp³-hybridized carbons (Fsp3) is 0. The van der Waals surface area contributed by atoms with Crippen LogP contribution in [-0.2, 0) is 0 Å². The van der Waals surface area contributed by atoms with Gasteiger partial charge in [0.2, 0.25) is 0 Å². The zero-order chi connectivity index (χ0) is 16.1. The van der Waals surface area contributed by atoms with Crippen LogP contribution in [0.15, 0.2) is 65.4 Å². The van der Waals surface area contributed by atoms with Gasteiger partial charge in [-0.2, -0.15) is 0 Å². The first-order valence-corrected chi connectivity index (χ1v) is 8.60. The first-order valence-electron chi connectivity index (χ1n) is 6.84. The molecule has 5 heteroatoms. The molecule has 0 spiro atoms. The molecule has 0 atom stereocenters. The molecule has 0 unspecified atom stereocenters. The molecule has 23 heavy (non-hydrogen) atoms. The first kappa shape index (κ1) is 15.4. The number of rotatable bonds is 5. The number of benzene rings is 1. The van der Waals surface area contributed by atoms with Crippen LogP contribution in [0.2, 0.25) is 0 Å². The molecule has 0 bridgehead atoms. The van der Waals surface area contributed by atoms with Gasteiger partial charge in [0.1, 0.15) is 10.6 Å². The number of hydrogen-bond donors (Lipinski definition) is 0. The van der Waals surface area contributed by atoms with Crippen LogP contribution < -0.4 is 4.74 Å². The highest BCUT2D eigenvalue weighted by atomic mass is 32.1. The van der Waals surface area contributed by atoms with Crippen molar-refractivity contribution in [2.45, 2.75) is 0 Å². The summed E-state index contributed by atoms with van der Waals surface area (Å²) in [6.07, 6.45) is 3.33. The molecule has 0 amide bonds. The van der Waals surface area contributed by atoms with Crippen LogP contribution in [-0.4, -0.2) is 11.8 Å². The Morgan fingerprint density at radius 3 is 2.30 bits per heavy atom. The van der Waals surface area contributed by atoms with Crippen molar-refractivity contribution in [3.05, 3.63) is 80.7 Å². The Bertz CT molecular complexity index is 814. The minimum absolute atomic E-state index is 0.0884. The molecule has 0 fully saturated rings. The lowest BCUT2D eigenvalue weighted by Gasteiger charge is -2.03. The molecule has 3 nitrogen and oxygen atoms in total. The van der Waals surface area contributed by atoms with Gasteiger partial charge in [0.05, 0.1) is 0 Å². The van der Waals surface area contributed by atoms with E-state index in [1.54, 1.807) is 59.9 Å². The summed E-state index contributed by atoms with van der Waals surface area (Å²) in [5.74, 6) is -0.0617. The van der Waals surface area contributed by atoms with E-state index >= 15 is 0 Å². The maximum absolute atomic E-state index is 12.1. The summed E-state index contributed by atoms with van der Waals surface area (Å²) >= 11 is 2.90. The number of carbonyl (C=O) groups is 2. The summed E-state index contributed by atoms with van der Waals surface area (Å²) in [6.45, 7) is 0. The van der Waals surface area contributed by atoms with Gasteiger partial charge < -0.3 is 4.74 Å². The second-order valence-corrected chi connectivity index (χ2v) is 6.53. The van der Waals surface area contributed by atoms with Crippen LogP contribution >= 0.6 is 22.7 Å². The molecular formula is C18H12O3S2. The lowest BCUT2D eigenvalue weighted by Crippen LogP contribution is -2.06. The van der Waals surface area contributed by atoms with Crippen LogP contribution in [0.4, 0.5) is 0 Å². The molecule has 0 saturated heterocycles. The van der Waals surface area contributed by atoms with Gasteiger partial charge in [-0.3, -0.25) is 4.79 Å². The van der Waals surface area contributed by atoms with E-state index in [2.05, 4.69) is 0 Å². The van der Waals surface area contributed by atoms with Crippen molar-refractivity contribution < 1.29 is 14.3 Å². The molecule has 0 aliphatic carbocycles. The van der Waals surface area contributed by atoms with Gasteiger partial charge in [0, 0.05) is 10.4 Å². The van der Waals surface area contributed by atoms with E-state index in [4.69, 9.17) is 4.74 Å². The molecule has 2 heterocycles. The van der Waals surface area contributed by atoms with Gasteiger partial charge >= 0.3 is 5.97 Å². The number of esters is 1. The van der Waals surface area contributed by atoms with E-state index in [1.807, 2.05) is 22.9 Å². The Morgan fingerprint density at radius 2 is 1.65 bits per heavy atom. The van der Waals surface area contributed by atoms with Crippen molar-refractivity contribution in [2.75, 3.05) is 0 Å². The first-order chi connectivity index (χ1) is 11.2. The van der Waals surface area contributed by atoms with Gasteiger partial charge in [-0.25, -0.2) is 4.79 Å². The largest absolute Gasteiger partial charge is 0.422 e. The summed E-state index contributed by atoms with van der Waals surface area (Å²) in [4.78, 5) is 25.5. The number of ether oxygens (including phenoxy) is 1. The lowest BCUT2D eigenvalue weighted by atomic mass is 10.1. The van der Waals surface area contributed by atoms with Crippen molar-refractivity contribution in [2.24, 2.45) is 0 Å². The summed E-state index contributed by atoms with van der Waals surface area (Å²) in [5, 5.41) is 3.78. The maximum atomic E-state index is 12.1.